The minimum Gasteiger partial charge on any atom is -0.484 e. The third-order valence-corrected chi connectivity index (χ3v) is 8.29. The molecule has 30 heavy (non-hydrogen) atoms. The second-order valence-electron chi connectivity index (χ2n) is 7.73. The van der Waals surface area contributed by atoms with Crippen LogP contribution < -0.4 is 31.3 Å². The van der Waals surface area contributed by atoms with Gasteiger partial charge in [0.25, 0.3) is 0 Å². The summed E-state index contributed by atoms with van der Waals surface area (Å²) in [6.07, 6.45) is 0.335. The number of nitrogens with one attached hydrogen (secondary N) is 1. The molecule has 0 radical (unpaired) electrons. The molecule has 0 spiro atoms. The smallest absolute Gasteiger partial charge is 0.407 e. The number of carbonyl (C=O) groups is 1. The molecule has 4 nitrogen and oxygen atoms in total. The monoisotopic (exact) mass is 536 g/mol. The van der Waals surface area contributed by atoms with Gasteiger partial charge in [0.1, 0.15) is 12.2 Å². The number of hydrogen-bond acceptors (Lipinski definition) is 4. The number of ether oxygens (including phenoxy) is 2. The second-order valence-corrected chi connectivity index (χ2v) is 12.3. The molecule has 158 valence electrons. The van der Waals surface area contributed by atoms with Crippen LogP contribution in [0.4, 0.5) is 4.79 Å². The molecule has 1 heterocycles. The van der Waals surface area contributed by atoms with Crippen molar-refractivity contribution in [2.75, 3.05) is 6.54 Å². The predicted molar refractivity (Wildman–Crippen MR) is 117 cm³/mol. The summed E-state index contributed by atoms with van der Waals surface area (Å²) in [5, 5.41) is 4.94. The molecule has 0 bridgehead atoms. The van der Waals surface area contributed by atoms with Crippen LogP contribution >= 0.6 is 11.3 Å². The zero-order chi connectivity index (χ0) is 21.4. The number of alkyl carbamates (subject to hydrolysis) is 1. The molecular formula is C24H27INO3S+. The number of amides is 1. The fraction of sp³-hybridized carbons (Fsp3) is 0.292. The van der Waals surface area contributed by atoms with E-state index in [9.17, 15) is 4.79 Å². The maximum absolute atomic E-state index is 11.9. The van der Waals surface area contributed by atoms with Crippen molar-refractivity contribution in [1.82, 2.24) is 5.32 Å². The molecule has 0 aliphatic rings. The zero-order valence-electron chi connectivity index (χ0n) is 17.5. The molecule has 3 aromatic rings. The molecule has 0 atom stereocenters. The predicted octanol–water partition coefficient (Wildman–Crippen LogP) is 2.52. The molecule has 2 aromatic carbocycles. The van der Waals surface area contributed by atoms with E-state index >= 15 is 0 Å². The summed E-state index contributed by atoms with van der Waals surface area (Å²) in [6.45, 7) is 6.64. The molecule has 0 aliphatic heterocycles. The maximum atomic E-state index is 11.9. The number of halogens is 1. The van der Waals surface area contributed by atoms with Crippen molar-refractivity contribution in [3.8, 4) is 5.75 Å². The summed E-state index contributed by atoms with van der Waals surface area (Å²) in [4.78, 5) is 11.9. The van der Waals surface area contributed by atoms with Crippen molar-refractivity contribution in [1.29, 1.82) is 0 Å². The van der Waals surface area contributed by atoms with E-state index < -0.39 is 5.60 Å². The molecule has 1 amide bonds. The summed E-state index contributed by atoms with van der Waals surface area (Å²) in [6, 6.07) is 20.9. The van der Waals surface area contributed by atoms with Gasteiger partial charge in [-0.1, -0.05) is 47.7 Å². The van der Waals surface area contributed by atoms with E-state index in [0.29, 0.717) is 13.2 Å². The van der Waals surface area contributed by atoms with Crippen molar-refractivity contribution >= 4 is 17.4 Å². The van der Waals surface area contributed by atoms with E-state index in [1.54, 1.807) is 11.3 Å². The molecule has 0 fully saturated rings. The van der Waals surface area contributed by atoms with Gasteiger partial charge in [-0.3, -0.25) is 0 Å². The Labute approximate surface area is 192 Å². The minimum absolute atomic E-state index is 0.287. The van der Waals surface area contributed by atoms with Crippen LogP contribution in [-0.4, -0.2) is 18.2 Å². The highest BCUT2D eigenvalue weighted by molar-refractivity contribution is 7.07. The number of hydrogen-bond donors (Lipinski definition) is 1. The van der Waals surface area contributed by atoms with Gasteiger partial charge in [0, 0.05) is 12.6 Å². The third-order valence-electron chi connectivity index (χ3n) is 4.00. The highest BCUT2D eigenvalue weighted by Crippen LogP contribution is 2.16. The summed E-state index contributed by atoms with van der Waals surface area (Å²) in [7, 11) is 0. The summed E-state index contributed by atoms with van der Waals surface area (Å²) in [5.41, 5.74) is 1.79. The first-order chi connectivity index (χ1) is 14.4. The molecule has 0 aliphatic carbocycles. The SMILES string of the molecule is CC(C)(C)OC(=O)NCCc1ccc([I+]c2cccs2)c(OCc2ccccc2)c1. The summed E-state index contributed by atoms with van der Waals surface area (Å²) < 4.78 is 14.2. The largest absolute Gasteiger partial charge is 0.484 e. The van der Waals surface area contributed by atoms with Gasteiger partial charge in [0.15, 0.2) is 5.75 Å². The van der Waals surface area contributed by atoms with Crippen LogP contribution in [0.2, 0.25) is 0 Å². The lowest BCUT2D eigenvalue weighted by Crippen LogP contribution is -3.61. The molecule has 0 saturated carbocycles. The first-order valence-electron chi connectivity index (χ1n) is 9.84. The Hall–Kier alpha value is -2.06. The van der Waals surface area contributed by atoms with E-state index in [1.165, 1.54) is 6.45 Å². The Kier molecular flexibility index (Phi) is 8.16. The van der Waals surface area contributed by atoms with Crippen molar-refractivity contribution in [2.24, 2.45) is 0 Å². The number of benzene rings is 2. The first kappa shape index (κ1) is 22.6. The lowest BCUT2D eigenvalue weighted by atomic mass is 10.1. The Morgan fingerprint density at radius 2 is 1.83 bits per heavy atom. The van der Waals surface area contributed by atoms with Crippen LogP contribution in [0.3, 0.4) is 0 Å². The molecule has 1 aromatic heterocycles. The van der Waals surface area contributed by atoms with Gasteiger partial charge in [-0.25, -0.2) is 4.79 Å². The quantitative estimate of drug-likeness (QED) is 0.451. The van der Waals surface area contributed by atoms with Gasteiger partial charge in [-0.15, -0.1) is 0 Å². The van der Waals surface area contributed by atoms with Crippen LogP contribution in [0, 0.1) is 6.45 Å². The van der Waals surface area contributed by atoms with E-state index in [-0.39, 0.29) is 27.3 Å². The highest BCUT2D eigenvalue weighted by atomic mass is 127. The lowest BCUT2D eigenvalue weighted by Gasteiger charge is -2.19. The average Bonchev–Trinajstić information content (AvgIpc) is 3.20. The molecule has 1 N–H and O–H groups in total. The van der Waals surface area contributed by atoms with Crippen LogP contribution in [-0.2, 0) is 17.8 Å². The lowest BCUT2D eigenvalue weighted by molar-refractivity contribution is -0.592. The number of thiophene rings is 1. The van der Waals surface area contributed by atoms with Crippen molar-refractivity contribution < 1.29 is 35.5 Å². The van der Waals surface area contributed by atoms with Crippen LogP contribution in [0.1, 0.15) is 31.9 Å². The van der Waals surface area contributed by atoms with Gasteiger partial charge in [0.2, 0.25) is 6.45 Å². The Morgan fingerprint density at radius 1 is 1.03 bits per heavy atom. The van der Waals surface area contributed by atoms with Crippen molar-refractivity contribution in [2.45, 2.75) is 39.4 Å². The molecule has 3 rings (SSSR count). The Balaban J connectivity index is 1.66. The highest BCUT2D eigenvalue weighted by Gasteiger charge is 2.23. The number of carbonyl (C=O) groups excluding carboxylic acids is 1. The van der Waals surface area contributed by atoms with Crippen LogP contribution in [0.5, 0.6) is 5.75 Å². The minimum atomic E-state index is -0.490. The Morgan fingerprint density at radius 3 is 2.53 bits per heavy atom. The molecular weight excluding hydrogens is 509 g/mol. The molecule has 0 unspecified atom stereocenters. The Bertz CT molecular complexity index is 937. The fourth-order valence-corrected chi connectivity index (χ4v) is 6.43. The normalized spacial score (nSPS) is 11.2. The molecule has 6 heteroatoms. The summed E-state index contributed by atoms with van der Waals surface area (Å²) >= 11 is 1.51. The fourth-order valence-electron chi connectivity index (χ4n) is 2.66. The molecule has 0 saturated heterocycles. The zero-order valence-corrected chi connectivity index (χ0v) is 20.5. The van der Waals surface area contributed by atoms with Gasteiger partial charge in [-0.2, -0.15) is 0 Å². The van der Waals surface area contributed by atoms with E-state index in [4.69, 9.17) is 9.47 Å². The standard InChI is InChI=1S/C24H26INO3S/c1-24(2,3)29-23(27)26-14-13-18-11-12-20(25-22-10-7-15-30-22)21(16-18)28-17-19-8-5-4-6-9-19/h4-12,15-16H,13-14,17H2,1-3H3/p+1. The van der Waals surface area contributed by atoms with Gasteiger partial charge in [-0.05, 0) is 61.9 Å². The number of rotatable bonds is 8. The van der Waals surface area contributed by atoms with E-state index in [1.807, 2.05) is 39.0 Å². The second kappa shape index (κ2) is 10.8. The van der Waals surface area contributed by atoms with Crippen molar-refractivity contribution in [3.63, 3.8) is 0 Å². The van der Waals surface area contributed by atoms with Crippen LogP contribution in [0.15, 0.2) is 66.0 Å². The van der Waals surface area contributed by atoms with Gasteiger partial charge >= 0.3 is 27.3 Å². The van der Waals surface area contributed by atoms with E-state index in [2.05, 4.69) is 53.2 Å². The third kappa shape index (κ3) is 7.65. The average molecular weight is 536 g/mol. The van der Waals surface area contributed by atoms with E-state index in [0.717, 1.165) is 23.3 Å². The van der Waals surface area contributed by atoms with Gasteiger partial charge in [0.05, 0.1) is 0 Å². The first-order valence-corrected chi connectivity index (χ1v) is 12.9. The topological polar surface area (TPSA) is 47.6 Å². The van der Waals surface area contributed by atoms with Gasteiger partial charge < -0.3 is 14.8 Å². The van der Waals surface area contributed by atoms with Crippen molar-refractivity contribution in [3.05, 3.63) is 83.6 Å². The maximum Gasteiger partial charge on any atom is 0.407 e. The summed E-state index contributed by atoms with van der Waals surface area (Å²) in [5.74, 6) is 0.940. The van der Waals surface area contributed by atoms with Crippen LogP contribution in [0.25, 0.3) is 0 Å².